The Balaban J connectivity index is 1.47. The molecule has 0 fully saturated rings. The second kappa shape index (κ2) is 20.4. The molecule has 0 aliphatic heterocycles. The van der Waals surface area contributed by atoms with Gasteiger partial charge in [-0.25, -0.2) is 14.0 Å². The molecule has 1 atom stereocenters. The van der Waals surface area contributed by atoms with Crippen LogP contribution in [0.15, 0.2) is 66.7 Å². The van der Waals surface area contributed by atoms with Gasteiger partial charge in [0.15, 0.2) is 17.7 Å². The Hall–Kier alpha value is -3.92. The quantitative estimate of drug-likeness (QED) is 0.0485. The number of unbranched alkanes of at least 4 members (excludes halogenated alkanes) is 9. The van der Waals surface area contributed by atoms with Crippen LogP contribution in [0, 0.1) is 5.82 Å². The molecule has 6 nitrogen and oxygen atoms in total. The molecule has 10 heteroatoms. The van der Waals surface area contributed by atoms with Crippen molar-refractivity contribution in [2.75, 3.05) is 20.3 Å². The highest BCUT2D eigenvalue weighted by atomic mass is 19.4. The summed E-state index contributed by atoms with van der Waals surface area (Å²) in [5.74, 6) is -1.98. The van der Waals surface area contributed by atoms with Crippen molar-refractivity contribution in [1.82, 2.24) is 0 Å². The summed E-state index contributed by atoms with van der Waals surface area (Å²) in [6.07, 6.45) is 4.02. The third-order valence-corrected chi connectivity index (χ3v) is 7.87. The average Bonchev–Trinajstić information content (AvgIpc) is 3.07. The third kappa shape index (κ3) is 13.3. The van der Waals surface area contributed by atoms with Crippen molar-refractivity contribution in [2.24, 2.45) is 0 Å². The molecule has 0 aliphatic rings. The van der Waals surface area contributed by atoms with Gasteiger partial charge >= 0.3 is 18.1 Å². The number of ether oxygens (including phenoxy) is 4. The maximum atomic E-state index is 14.7. The Morgan fingerprint density at radius 1 is 0.688 bits per heavy atom. The van der Waals surface area contributed by atoms with Crippen LogP contribution in [0.25, 0.3) is 11.1 Å². The predicted molar refractivity (Wildman–Crippen MR) is 177 cm³/mol. The number of alkyl halides is 3. The molecular weight excluding hydrogens is 628 g/mol. The highest BCUT2D eigenvalue weighted by Crippen LogP contribution is 2.29. The average molecular weight is 675 g/mol. The molecule has 0 aliphatic carbocycles. The number of hydrogen-bond acceptors (Lipinski definition) is 6. The van der Waals surface area contributed by atoms with Crippen molar-refractivity contribution >= 4 is 11.9 Å². The number of hydrogen-bond donors (Lipinski definition) is 0. The van der Waals surface area contributed by atoms with Crippen LogP contribution in [-0.2, 0) is 9.47 Å². The largest absolute Gasteiger partial charge is 0.491 e. The summed E-state index contributed by atoms with van der Waals surface area (Å²) < 4.78 is 75.4. The van der Waals surface area contributed by atoms with Crippen LogP contribution in [0.1, 0.15) is 105 Å². The van der Waals surface area contributed by atoms with Crippen LogP contribution >= 0.6 is 0 Å². The van der Waals surface area contributed by atoms with E-state index >= 15 is 0 Å². The topological polar surface area (TPSA) is 71.1 Å². The number of rotatable bonds is 21. The van der Waals surface area contributed by atoms with E-state index in [1.807, 2.05) is 0 Å². The summed E-state index contributed by atoms with van der Waals surface area (Å²) in [6.45, 7) is 2.99. The normalized spacial score (nSPS) is 12.0. The number of benzene rings is 3. The van der Waals surface area contributed by atoms with Crippen LogP contribution < -0.4 is 9.47 Å². The minimum Gasteiger partial charge on any atom is -0.491 e. The molecule has 0 radical (unpaired) electrons. The van der Waals surface area contributed by atoms with Gasteiger partial charge in [0.1, 0.15) is 5.75 Å². The Bertz CT molecular complexity index is 1390. The van der Waals surface area contributed by atoms with Gasteiger partial charge in [-0.3, -0.25) is 0 Å². The summed E-state index contributed by atoms with van der Waals surface area (Å²) in [5, 5.41) is 0. The molecule has 262 valence electrons. The summed E-state index contributed by atoms with van der Waals surface area (Å²) in [7, 11) is 1.46. The van der Waals surface area contributed by atoms with Gasteiger partial charge in [0.05, 0.1) is 17.7 Å². The number of carbonyl (C=O) groups is 2. The van der Waals surface area contributed by atoms with Gasteiger partial charge in [0.25, 0.3) is 0 Å². The predicted octanol–water partition coefficient (Wildman–Crippen LogP) is 10.5. The molecule has 0 saturated heterocycles. The lowest BCUT2D eigenvalue weighted by molar-refractivity contribution is -0.206. The van der Waals surface area contributed by atoms with Gasteiger partial charge in [0.2, 0.25) is 0 Å². The Kier molecular flexibility index (Phi) is 16.4. The molecule has 3 aromatic rings. The summed E-state index contributed by atoms with van der Waals surface area (Å²) in [5.41, 5.74) is 1.42. The van der Waals surface area contributed by atoms with Crippen LogP contribution in [0.2, 0.25) is 0 Å². The molecule has 0 heterocycles. The maximum absolute atomic E-state index is 14.7. The van der Waals surface area contributed by atoms with Crippen molar-refractivity contribution in [1.29, 1.82) is 0 Å². The van der Waals surface area contributed by atoms with E-state index in [2.05, 4.69) is 6.92 Å². The Morgan fingerprint density at radius 2 is 1.25 bits per heavy atom. The molecule has 0 amide bonds. The molecule has 3 rings (SSSR count). The standard InChI is InChI=1S/C38H46F4O6/c1-3-4-5-6-7-8-9-10-12-26-46-34-24-21-31(27-33(34)39)28-15-17-29(18-16-28)36(43)47-32-22-19-30(20-23-32)37(44)48-35(38(40,41)42)14-11-13-25-45-2/h15-24,27,35H,3-14,25-26H2,1-2H3. The number of methoxy groups -OCH3 is 1. The van der Waals surface area contributed by atoms with E-state index in [9.17, 15) is 27.2 Å². The zero-order valence-corrected chi connectivity index (χ0v) is 27.8. The molecule has 0 N–H and O–H groups in total. The first kappa shape index (κ1) is 38.5. The maximum Gasteiger partial charge on any atom is 0.425 e. The van der Waals surface area contributed by atoms with Gasteiger partial charge < -0.3 is 18.9 Å². The second-order valence-corrected chi connectivity index (χ2v) is 11.7. The van der Waals surface area contributed by atoms with Crippen LogP contribution in [0.3, 0.4) is 0 Å². The summed E-state index contributed by atoms with van der Waals surface area (Å²) >= 11 is 0. The molecular formula is C38H46F4O6. The molecule has 0 saturated carbocycles. The van der Waals surface area contributed by atoms with Crippen LogP contribution in [-0.4, -0.2) is 44.5 Å². The van der Waals surface area contributed by atoms with Crippen molar-refractivity contribution in [3.05, 3.63) is 83.7 Å². The second-order valence-electron chi connectivity index (χ2n) is 11.7. The van der Waals surface area contributed by atoms with E-state index in [-0.39, 0.29) is 35.5 Å². The smallest absolute Gasteiger partial charge is 0.425 e. The summed E-state index contributed by atoms with van der Waals surface area (Å²) in [4.78, 5) is 25.1. The molecule has 0 aromatic heterocycles. The lowest BCUT2D eigenvalue weighted by Gasteiger charge is -2.20. The van der Waals surface area contributed by atoms with E-state index in [1.165, 1.54) is 76.0 Å². The van der Waals surface area contributed by atoms with Crippen molar-refractivity contribution in [3.8, 4) is 22.6 Å². The van der Waals surface area contributed by atoms with Crippen molar-refractivity contribution in [3.63, 3.8) is 0 Å². The van der Waals surface area contributed by atoms with Crippen LogP contribution in [0.4, 0.5) is 17.6 Å². The molecule has 3 aromatic carbocycles. The van der Waals surface area contributed by atoms with Gasteiger partial charge in [-0.15, -0.1) is 0 Å². The molecule has 48 heavy (non-hydrogen) atoms. The van der Waals surface area contributed by atoms with E-state index in [4.69, 9.17) is 18.9 Å². The van der Waals surface area contributed by atoms with E-state index in [0.717, 1.165) is 19.3 Å². The molecule has 0 bridgehead atoms. The van der Waals surface area contributed by atoms with Crippen molar-refractivity contribution < 1.29 is 46.1 Å². The fourth-order valence-corrected chi connectivity index (χ4v) is 5.08. The fourth-order valence-electron chi connectivity index (χ4n) is 5.08. The van der Waals surface area contributed by atoms with Gasteiger partial charge in [-0.05, 0) is 85.3 Å². The van der Waals surface area contributed by atoms with Gasteiger partial charge in [0, 0.05) is 13.7 Å². The zero-order valence-electron chi connectivity index (χ0n) is 27.8. The van der Waals surface area contributed by atoms with Gasteiger partial charge in [-0.2, -0.15) is 13.2 Å². The lowest BCUT2D eigenvalue weighted by Crippen LogP contribution is -2.34. The van der Waals surface area contributed by atoms with Crippen molar-refractivity contribution in [2.45, 2.75) is 96.3 Å². The first-order chi connectivity index (χ1) is 23.1. The fraction of sp³-hybridized carbons (Fsp3) is 0.474. The number of esters is 2. The highest BCUT2D eigenvalue weighted by Gasteiger charge is 2.42. The lowest BCUT2D eigenvalue weighted by atomic mass is 10.0. The monoisotopic (exact) mass is 674 g/mol. The minimum atomic E-state index is -4.70. The first-order valence-electron chi connectivity index (χ1n) is 16.7. The van der Waals surface area contributed by atoms with E-state index in [0.29, 0.717) is 30.8 Å². The minimum absolute atomic E-state index is 0.0904. The SMILES string of the molecule is CCCCCCCCCCCOc1ccc(-c2ccc(C(=O)Oc3ccc(C(=O)OC(CCCCOC)C(F)(F)F)cc3)cc2)cc1F. The van der Waals surface area contributed by atoms with Gasteiger partial charge in [-0.1, -0.05) is 76.5 Å². The zero-order chi connectivity index (χ0) is 34.8. The van der Waals surface area contributed by atoms with E-state index in [1.54, 1.807) is 36.4 Å². The third-order valence-electron chi connectivity index (χ3n) is 7.87. The Labute approximate surface area is 280 Å². The molecule has 1 unspecified atom stereocenters. The van der Waals surface area contributed by atoms with Crippen LogP contribution in [0.5, 0.6) is 11.5 Å². The summed E-state index contributed by atoms with van der Waals surface area (Å²) in [6, 6.07) is 16.2. The number of halogens is 4. The highest BCUT2D eigenvalue weighted by molar-refractivity contribution is 5.92. The Morgan fingerprint density at radius 3 is 1.85 bits per heavy atom. The first-order valence-corrected chi connectivity index (χ1v) is 16.7. The molecule has 0 spiro atoms. The number of carbonyl (C=O) groups excluding carboxylic acids is 2. The van der Waals surface area contributed by atoms with E-state index < -0.39 is 30.0 Å².